The molecule has 1 heterocycles. The molecule has 0 atom stereocenters. The Morgan fingerprint density at radius 2 is 2.14 bits per heavy atom. The van der Waals surface area contributed by atoms with Crippen molar-refractivity contribution in [2.75, 3.05) is 11.1 Å². The molecule has 112 valence electrons. The van der Waals surface area contributed by atoms with E-state index in [-0.39, 0.29) is 17.3 Å². The third-order valence-electron chi connectivity index (χ3n) is 2.53. The van der Waals surface area contributed by atoms with Crippen molar-refractivity contribution in [2.45, 2.75) is 12.7 Å². The van der Waals surface area contributed by atoms with Gasteiger partial charge in [0.1, 0.15) is 6.54 Å². The van der Waals surface area contributed by atoms with Crippen LogP contribution < -0.4 is 11.1 Å². The molecule has 0 aliphatic carbocycles. The Morgan fingerprint density at radius 3 is 2.71 bits per heavy atom. The average Bonchev–Trinajstić information content (AvgIpc) is 2.76. The van der Waals surface area contributed by atoms with E-state index < -0.39 is 17.6 Å². The number of nitrogens with zero attached hydrogens (tertiary/aromatic N) is 2. The van der Waals surface area contributed by atoms with Gasteiger partial charge >= 0.3 is 6.18 Å². The zero-order valence-electron chi connectivity index (χ0n) is 10.5. The highest BCUT2D eigenvalue weighted by molar-refractivity contribution is 6.33. The van der Waals surface area contributed by atoms with Crippen molar-refractivity contribution < 1.29 is 18.0 Å². The van der Waals surface area contributed by atoms with Crippen LogP contribution in [0, 0.1) is 0 Å². The zero-order chi connectivity index (χ0) is 15.6. The van der Waals surface area contributed by atoms with E-state index in [0.29, 0.717) is 5.69 Å². The molecule has 0 saturated heterocycles. The van der Waals surface area contributed by atoms with Crippen LogP contribution in [0.4, 0.5) is 24.5 Å². The Bertz CT molecular complexity index is 669. The third-order valence-corrected chi connectivity index (χ3v) is 2.86. The van der Waals surface area contributed by atoms with Crippen LogP contribution in [0.2, 0.25) is 5.02 Å². The van der Waals surface area contributed by atoms with Gasteiger partial charge in [0.05, 0.1) is 28.2 Å². The summed E-state index contributed by atoms with van der Waals surface area (Å²) in [6.45, 7) is -0.191. The molecule has 1 aromatic heterocycles. The Hall–Kier alpha value is -2.22. The van der Waals surface area contributed by atoms with Crippen LogP contribution in [-0.4, -0.2) is 15.7 Å². The summed E-state index contributed by atoms with van der Waals surface area (Å²) in [7, 11) is 0. The highest BCUT2D eigenvalue weighted by Gasteiger charge is 2.31. The first kappa shape index (κ1) is 15.2. The maximum absolute atomic E-state index is 12.6. The van der Waals surface area contributed by atoms with Gasteiger partial charge in [0, 0.05) is 6.20 Å². The molecular weight excluding hydrogens is 309 g/mol. The molecule has 3 N–H and O–H groups in total. The highest BCUT2D eigenvalue weighted by atomic mass is 35.5. The van der Waals surface area contributed by atoms with Gasteiger partial charge in [-0.15, -0.1) is 0 Å². The molecule has 21 heavy (non-hydrogen) atoms. The van der Waals surface area contributed by atoms with Crippen molar-refractivity contribution in [2.24, 2.45) is 0 Å². The summed E-state index contributed by atoms with van der Waals surface area (Å²) in [5.74, 6) is -0.570. The largest absolute Gasteiger partial charge is 0.416 e. The number of nitrogen functional groups attached to an aromatic ring is 1. The number of nitrogens with one attached hydrogen (secondary N) is 1. The van der Waals surface area contributed by atoms with Crippen LogP contribution in [0.15, 0.2) is 30.6 Å². The number of nitrogens with two attached hydrogens (primary N) is 1. The van der Waals surface area contributed by atoms with Gasteiger partial charge in [0.25, 0.3) is 0 Å². The van der Waals surface area contributed by atoms with Crippen LogP contribution in [0.5, 0.6) is 0 Å². The Kier molecular flexibility index (Phi) is 4.08. The second kappa shape index (κ2) is 5.65. The number of rotatable bonds is 3. The number of hydrogen-bond donors (Lipinski definition) is 2. The lowest BCUT2D eigenvalue weighted by molar-refractivity contribution is -0.137. The molecule has 0 unspecified atom stereocenters. The first-order valence-corrected chi connectivity index (χ1v) is 6.08. The number of carbonyl (C=O) groups excluding carboxylic acids is 1. The summed E-state index contributed by atoms with van der Waals surface area (Å²) in [4.78, 5) is 11.8. The Labute approximate surface area is 122 Å². The van der Waals surface area contributed by atoms with Gasteiger partial charge < -0.3 is 11.1 Å². The van der Waals surface area contributed by atoms with Crippen LogP contribution in [-0.2, 0) is 17.5 Å². The number of halogens is 4. The first-order chi connectivity index (χ1) is 9.75. The molecule has 2 rings (SSSR count). The van der Waals surface area contributed by atoms with Gasteiger partial charge in [-0.3, -0.25) is 9.48 Å². The summed E-state index contributed by atoms with van der Waals surface area (Å²) in [6, 6.07) is 2.69. The van der Waals surface area contributed by atoms with Gasteiger partial charge in [-0.1, -0.05) is 11.6 Å². The molecule has 0 spiro atoms. The van der Waals surface area contributed by atoms with Crippen molar-refractivity contribution in [1.29, 1.82) is 0 Å². The number of amides is 1. The molecule has 0 fully saturated rings. The number of alkyl halides is 3. The molecule has 2 aromatic rings. The van der Waals surface area contributed by atoms with E-state index in [1.807, 2.05) is 0 Å². The van der Waals surface area contributed by atoms with Crippen molar-refractivity contribution in [3.63, 3.8) is 0 Å². The molecule has 0 saturated carbocycles. The fourth-order valence-corrected chi connectivity index (χ4v) is 1.77. The number of hydrogen-bond acceptors (Lipinski definition) is 3. The number of anilines is 2. The zero-order valence-corrected chi connectivity index (χ0v) is 11.2. The van der Waals surface area contributed by atoms with E-state index in [1.165, 1.54) is 17.1 Å². The summed E-state index contributed by atoms with van der Waals surface area (Å²) < 4.78 is 39.1. The van der Waals surface area contributed by atoms with E-state index >= 15 is 0 Å². The summed E-state index contributed by atoms with van der Waals surface area (Å²) in [5.41, 5.74) is 4.80. The first-order valence-electron chi connectivity index (χ1n) is 5.70. The monoisotopic (exact) mass is 318 g/mol. The van der Waals surface area contributed by atoms with Crippen LogP contribution in [0.1, 0.15) is 5.56 Å². The van der Waals surface area contributed by atoms with Crippen LogP contribution in [0.25, 0.3) is 0 Å². The lowest BCUT2D eigenvalue weighted by atomic mass is 10.2. The Balaban J connectivity index is 2.13. The lowest BCUT2D eigenvalue weighted by Crippen LogP contribution is -2.19. The number of carbonyl (C=O) groups is 1. The predicted molar refractivity (Wildman–Crippen MR) is 71.7 cm³/mol. The second-order valence-electron chi connectivity index (χ2n) is 4.21. The molecule has 0 bridgehead atoms. The van der Waals surface area contributed by atoms with Crippen molar-refractivity contribution >= 4 is 28.9 Å². The molecule has 9 heteroatoms. The fraction of sp³-hybridized carbons (Fsp3) is 0.167. The van der Waals surface area contributed by atoms with Crippen LogP contribution in [0.3, 0.4) is 0 Å². The SMILES string of the molecule is Nc1cnn(CC(=O)Nc2cc(C(F)(F)F)ccc2Cl)c1. The smallest absolute Gasteiger partial charge is 0.396 e. The van der Waals surface area contributed by atoms with Gasteiger partial charge in [-0.25, -0.2) is 0 Å². The minimum Gasteiger partial charge on any atom is -0.396 e. The van der Waals surface area contributed by atoms with E-state index in [9.17, 15) is 18.0 Å². The average molecular weight is 319 g/mol. The third kappa shape index (κ3) is 3.88. The van der Waals surface area contributed by atoms with Gasteiger partial charge in [0.2, 0.25) is 5.91 Å². The normalized spacial score (nSPS) is 11.4. The fourth-order valence-electron chi connectivity index (χ4n) is 1.60. The topological polar surface area (TPSA) is 72.9 Å². The number of benzene rings is 1. The molecule has 0 radical (unpaired) electrons. The van der Waals surface area contributed by atoms with E-state index in [2.05, 4.69) is 10.4 Å². The number of aromatic nitrogens is 2. The van der Waals surface area contributed by atoms with E-state index in [4.69, 9.17) is 17.3 Å². The minimum atomic E-state index is -4.51. The molecule has 0 aliphatic rings. The van der Waals surface area contributed by atoms with Gasteiger partial charge in [-0.2, -0.15) is 18.3 Å². The lowest BCUT2D eigenvalue weighted by Gasteiger charge is -2.11. The van der Waals surface area contributed by atoms with E-state index in [1.54, 1.807) is 0 Å². The quantitative estimate of drug-likeness (QED) is 0.914. The summed E-state index contributed by atoms with van der Waals surface area (Å²) in [5, 5.41) is 6.11. The highest BCUT2D eigenvalue weighted by Crippen LogP contribution is 2.33. The minimum absolute atomic E-state index is 0.0105. The van der Waals surface area contributed by atoms with Crippen molar-refractivity contribution in [3.8, 4) is 0 Å². The van der Waals surface area contributed by atoms with Crippen molar-refractivity contribution in [1.82, 2.24) is 9.78 Å². The standard InChI is InChI=1S/C12H10ClF3N4O/c13-9-2-1-7(12(14,15)16)3-10(9)19-11(21)6-20-5-8(17)4-18-20/h1-5H,6,17H2,(H,19,21). The summed E-state index contributed by atoms with van der Waals surface area (Å²) in [6.07, 6.45) is -1.74. The van der Waals surface area contributed by atoms with Gasteiger partial charge in [-0.05, 0) is 18.2 Å². The second-order valence-corrected chi connectivity index (χ2v) is 4.62. The van der Waals surface area contributed by atoms with Gasteiger partial charge in [0.15, 0.2) is 0 Å². The Morgan fingerprint density at radius 1 is 1.43 bits per heavy atom. The van der Waals surface area contributed by atoms with E-state index in [0.717, 1.165) is 18.2 Å². The molecule has 0 aliphatic heterocycles. The predicted octanol–water partition coefficient (Wildman–Crippen LogP) is 2.78. The molecule has 1 amide bonds. The molecule has 5 nitrogen and oxygen atoms in total. The molecule has 1 aromatic carbocycles. The van der Waals surface area contributed by atoms with Crippen molar-refractivity contribution in [3.05, 3.63) is 41.2 Å². The van der Waals surface area contributed by atoms with Crippen LogP contribution >= 0.6 is 11.6 Å². The molecular formula is C12H10ClF3N4O. The maximum atomic E-state index is 12.6. The summed E-state index contributed by atoms with van der Waals surface area (Å²) >= 11 is 5.77. The maximum Gasteiger partial charge on any atom is 0.416 e.